The first-order valence-electron chi connectivity index (χ1n) is 9.70. The number of hydrogen-bond donors (Lipinski definition) is 2. The lowest BCUT2D eigenvalue weighted by atomic mass is 9.85. The van der Waals surface area contributed by atoms with Gasteiger partial charge >= 0.3 is 6.18 Å². The van der Waals surface area contributed by atoms with E-state index in [1.54, 1.807) is 14.2 Å². The summed E-state index contributed by atoms with van der Waals surface area (Å²) in [5, 5.41) is 6.33. The van der Waals surface area contributed by atoms with Crippen molar-refractivity contribution in [2.45, 2.75) is 63.9 Å². The molecule has 1 heterocycles. The van der Waals surface area contributed by atoms with Gasteiger partial charge in [-0.3, -0.25) is 4.99 Å². The molecule has 2 N–H and O–H groups in total. The van der Waals surface area contributed by atoms with Crippen LogP contribution in [0.25, 0.3) is 0 Å². The highest BCUT2D eigenvalue weighted by atomic mass is 19.4. The predicted octanol–water partition coefficient (Wildman–Crippen LogP) is 3.80. The number of fused-ring (bicyclic) bond motifs is 1. The third-order valence-electron chi connectivity index (χ3n) is 5.45. The Morgan fingerprint density at radius 2 is 2.11 bits per heavy atom. The zero-order valence-corrected chi connectivity index (χ0v) is 16.5. The van der Waals surface area contributed by atoms with Crippen LogP contribution in [-0.2, 0) is 13.0 Å². The summed E-state index contributed by atoms with van der Waals surface area (Å²) in [7, 11) is 3.24. The maximum atomic E-state index is 13.0. The summed E-state index contributed by atoms with van der Waals surface area (Å²) in [5.74, 6) is 0.861. The molecule has 2 aliphatic rings. The second-order valence-electron chi connectivity index (χ2n) is 7.58. The fourth-order valence-corrected chi connectivity index (χ4v) is 3.99. The van der Waals surface area contributed by atoms with E-state index in [4.69, 9.17) is 9.47 Å². The van der Waals surface area contributed by atoms with Crippen LogP contribution >= 0.6 is 0 Å². The Balaban J connectivity index is 1.61. The Hall–Kier alpha value is -2.12. The minimum absolute atomic E-state index is 0.0814. The van der Waals surface area contributed by atoms with Crippen LogP contribution in [0.3, 0.4) is 0 Å². The fourth-order valence-electron chi connectivity index (χ4n) is 3.99. The molecule has 0 saturated heterocycles. The molecule has 0 bridgehead atoms. The average molecular weight is 399 g/mol. The van der Waals surface area contributed by atoms with Crippen LogP contribution in [0.4, 0.5) is 13.2 Å². The van der Waals surface area contributed by atoms with E-state index in [0.717, 1.165) is 29.0 Å². The minimum Gasteiger partial charge on any atom is -0.496 e. The molecular weight excluding hydrogens is 371 g/mol. The minimum atomic E-state index is -4.13. The molecule has 5 nitrogen and oxygen atoms in total. The van der Waals surface area contributed by atoms with Crippen LogP contribution in [-0.4, -0.2) is 38.4 Å². The molecule has 28 heavy (non-hydrogen) atoms. The normalized spacial score (nSPS) is 25.1. The second-order valence-corrected chi connectivity index (χ2v) is 7.58. The van der Waals surface area contributed by atoms with Crippen molar-refractivity contribution in [3.05, 3.63) is 23.3 Å². The van der Waals surface area contributed by atoms with Crippen molar-refractivity contribution in [3.8, 4) is 11.5 Å². The van der Waals surface area contributed by atoms with Crippen molar-refractivity contribution >= 4 is 5.96 Å². The first-order valence-corrected chi connectivity index (χ1v) is 9.70. The summed E-state index contributed by atoms with van der Waals surface area (Å²) in [6.07, 6.45) is -1.58. The molecular formula is C20H28F3N3O2. The highest BCUT2D eigenvalue weighted by Crippen LogP contribution is 2.37. The van der Waals surface area contributed by atoms with Crippen LogP contribution in [0.2, 0.25) is 0 Å². The number of ether oxygens (including phenoxy) is 2. The standard InChI is InChI=1S/C20H28F3N3O2/c1-12-7-13-8-17(27-3)14(9-18(13)28-12)11-25-19(24-2)26-16-6-4-5-15(10-16)20(21,22)23/h8-9,12,15-16H,4-7,10-11H2,1-3H3,(H2,24,25,26). The van der Waals surface area contributed by atoms with E-state index in [2.05, 4.69) is 15.6 Å². The largest absolute Gasteiger partial charge is 0.496 e. The van der Waals surface area contributed by atoms with Gasteiger partial charge in [0.05, 0.1) is 13.0 Å². The Labute approximate surface area is 163 Å². The highest BCUT2D eigenvalue weighted by Gasteiger charge is 2.42. The van der Waals surface area contributed by atoms with Crippen molar-refractivity contribution in [1.82, 2.24) is 10.6 Å². The smallest absolute Gasteiger partial charge is 0.391 e. The van der Waals surface area contributed by atoms with Gasteiger partial charge in [0, 0.05) is 37.2 Å². The zero-order valence-electron chi connectivity index (χ0n) is 16.5. The Morgan fingerprint density at radius 1 is 1.32 bits per heavy atom. The van der Waals surface area contributed by atoms with Gasteiger partial charge in [-0.15, -0.1) is 0 Å². The lowest BCUT2D eigenvalue weighted by Crippen LogP contribution is -2.46. The molecule has 1 fully saturated rings. The van der Waals surface area contributed by atoms with Crippen LogP contribution in [0, 0.1) is 5.92 Å². The van der Waals surface area contributed by atoms with Gasteiger partial charge < -0.3 is 20.1 Å². The first-order chi connectivity index (χ1) is 13.3. The summed E-state index contributed by atoms with van der Waals surface area (Å²) < 4.78 is 50.4. The lowest BCUT2D eigenvalue weighted by molar-refractivity contribution is -0.183. The monoisotopic (exact) mass is 399 g/mol. The maximum Gasteiger partial charge on any atom is 0.391 e. The van der Waals surface area contributed by atoms with E-state index in [1.165, 1.54) is 0 Å². The Morgan fingerprint density at radius 3 is 2.79 bits per heavy atom. The summed E-state index contributed by atoms with van der Waals surface area (Å²) in [6, 6.07) is 3.71. The zero-order chi connectivity index (χ0) is 20.3. The maximum absolute atomic E-state index is 13.0. The Bertz CT molecular complexity index is 721. The van der Waals surface area contributed by atoms with Crippen molar-refractivity contribution < 1.29 is 22.6 Å². The molecule has 1 saturated carbocycles. The molecule has 3 atom stereocenters. The number of rotatable bonds is 4. The number of benzene rings is 1. The van der Waals surface area contributed by atoms with Crippen molar-refractivity contribution in [1.29, 1.82) is 0 Å². The SMILES string of the molecule is CN=C(NCc1cc2c(cc1OC)CC(C)O2)NC1CCCC(C(F)(F)F)C1. The number of nitrogens with zero attached hydrogens (tertiary/aromatic N) is 1. The number of alkyl halides is 3. The number of nitrogens with one attached hydrogen (secondary N) is 2. The third kappa shape index (κ3) is 4.83. The number of guanidine groups is 1. The van der Waals surface area contributed by atoms with Gasteiger partial charge in [-0.1, -0.05) is 6.42 Å². The van der Waals surface area contributed by atoms with Crippen molar-refractivity contribution in [3.63, 3.8) is 0 Å². The fraction of sp³-hybridized carbons (Fsp3) is 0.650. The van der Waals surface area contributed by atoms with E-state index < -0.39 is 12.1 Å². The molecule has 1 aromatic rings. The lowest BCUT2D eigenvalue weighted by Gasteiger charge is -2.32. The molecule has 1 aromatic carbocycles. The van der Waals surface area contributed by atoms with Crippen LogP contribution in [0.1, 0.15) is 43.7 Å². The molecule has 156 valence electrons. The van der Waals surface area contributed by atoms with E-state index in [9.17, 15) is 13.2 Å². The summed E-state index contributed by atoms with van der Waals surface area (Å²) in [4.78, 5) is 4.17. The molecule has 0 spiro atoms. The summed E-state index contributed by atoms with van der Waals surface area (Å²) >= 11 is 0. The van der Waals surface area contributed by atoms with Crippen molar-refractivity contribution in [2.24, 2.45) is 10.9 Å². The van der Waals surface area contributed by atoms with Gasteiger partial charge in [-0.05, 0) is 38.3 Å². The molecule has 3 unspecified atom stereocenters. The van der Waals surface area contributed by atoms with Crippen molar-refractivity contribution in [2.75, 3.05) is 14.2 Å². The van der Waals surface area contributed by atoms with E-state index in [-0.39, 0.29) is 25.0 Å². The molecule has 0 aromatic heterocycles. The third-order valence-corrected chi connectivity index (χ3v) is 5.45. The average Bonchev–Trinajstić information content (AvgIpc) is 3.02. The van der Waals surface area contributed by atoms with Crippen LogP contribution < -0.4 is 20.1 Å². The summed E-state index contributed by atoms with van der Waals surface area (Å²) in [5.41, 5.74) is 2.03. The molecule has 3 rings (SSSR count). The van der Waals surface area contributed by atoms with Gasteiger partial charge in [0.1, 0.15) is 17.6 Å². The van der Waals surface area contributed by atoms with Gasteiger partial charge in [-0.25, -0.2) is 0 Å². The molecule has 1 aliphatic heterocycles. The van der Waals surface area contributed by atoms with Gasteiger partial charge in [0.25, 0.3) is 0 Å². The number of halogens is 3. The highest BCUT2D eigenvalue weighted by molar-refractivity contribution is 5.80. The van der Waals surface area contributed by atoms with Crippen LogP contribution in [0.5, 0.6) is 11.5 Å². The number of hydrogen-bond acceptors (Lipinski definition) is 3. The second kappa shape index (κ2) is 8.49. The van der Waals surface area contributed by atoms with Gasteiger partial charge in [-0.2, -0.15) is 13.2 Å². The number of aliphatic imine (C=N–C) groups is 1. The quantitative estimate of drug-likeness (QED) is 0.597. The van der Waals surface area contributed by atoms with Gasteiger partial charge in [0.15, 0.2) is 5.96 Å². The molecule has 8 heteroatoms. The van der Waals surface area contributed by atoms with Gasteiger partial charge in [0.2, 0.25) is 0 Å². The predicted molar refractivity (Wildman–Crippen MR) is 102 cm³/mol. The topological polar surface area (TPSA) is 54.9 Å². The molecule has 0 radical (unpaired) electrons. The molecule has 1 aliphatic carbocycles. The Kier molecular flexibility index (Phi) is 6.25. The molecule has 0 amide bonds. The summed E-state index contributed by atoms with van der Waals surface area (Å²) in [6.45, 7) is 2.46. The van der Waals surface area contributed by atoms with Crippen LogP contribution in [0.15, 0.2) is 17.1 Å². The van der Waals surface area contributed by atoms with E-state index in [0.29, 0.717) is 25.3 Å². The van der Waals surface area contributed by atoms with E-state index in [1.807, 2.05) is 19.1 Å². The van der Waals surface area contributed by atoms with E-state index >= 15 is 0 Å². The first kappa shape index (κ1) is 20.6. The number of methoxy groups -OCH3 is 1.